The second-order valence-corrected chi connectivity index (χ2v) is 6.32. The van der Waals surface area contributed by atoms with Crippen molar-refractivity contribution in [3.05, 3.63) is 35.6 Å². The number of hydrogen-bond donors (Lipinski definition) is 2. The topological polar surface area (TPSA) is 56.7 Å². The van der Waals surface area contributed by atoms with E-state index in [9.17, 15) is 9.18 Å². The SMILES string of the molecule is CN=C(NCCC(=O)N1CCCC(C)C1)NCc1cccc(F)c1. The number of likely N-dealkylation sites (tertiary alicyclic amines) is 1. The quantitative estimate of drug-likeness (QED) is 0.641. The van der Waals surface area contributed by atoms with Crippen LogP contribution < -0.4 is 10.6 Å². The van der Waals surface area contributed by atoms with Crippen molar-refractivity contribution in [3.8, 4) is 0 Å². The van der Waals surface area contributed by atoms with E-state index in [4.69, 9.17) is 0 Å². The summed E-state index contributed by atoms with van der Waals surface area (Å²) >= 11 is 0. The van der Waals surface area contributed by atoms with Crippen LogP contribution in [0.4, 0.5) is 4.39 Å². The molecule has 1 atom stereocenters. The fraction of sp³-hybridized carbons (Fsp3) is 0.556. The molecular weight excluding hydrogens is 307 g/mol. The highest BCUT2D eigenvalue weighted by Crippen LogP contribution is 2.15. The molecule has 5 nitrogen and oxygen atoms in total. The molecule has 1 aromatic carbocycles. The Kier molecular flexibility index (Phi) is 7.03. The minimum atomic E-state index is -0.251. The highest BCUT2D eigenvalue weighted by Gasteiger charge is 2.20. The summed E-state index contributed by atoms with van der Waals surface area (Å²) in [5.74, 6) is 1.14. The van der Waals surface area contributed by atoms with Crippen molar-refractivity contribution < 1.29 is 9.18 Å². The van der Waals surface area contributed by atoms with Gasteiger partial charge in [-0.3, -0.25) is 9.79 Å². The molecule has 1 amide bonds. The van der Waals surface area contributed by atoms with Gasteiger partial charge in [-0.1, -0.05) is 19.1 Å². The number of nitrogens with zero attached hydrogens (tertiary/aromatic N) is 2. The Hall–Kier alpha value is -2.11. The zero-order chi connectivity index (χ0) is 17.4. The van der Waals surface area contributed by atoms with E-state index >= 15 is 0 Å². The molecule has 0 aromatic heterocycles. The zero-order valence-electron chi connectivity index (χ0n) is 14.5. The maximum atomic E-state index is 13.2. The normalized spacial score (nSPS) is 18.4. The number of aliphatic imine (C=N–C) groups is 1. The number of nitrogens with one attached hydrogen (secondary N) is 2. The number of rotatable bonds is 5. The number of guanidine groups is 1. The summed E-state index contributed by atoms with van der Waals surface area (Å²) in [4.78, 5) is 18.3. The maximum Gasteiger partial charge on any atom is 0.224 e. The van der Waals surface area contributed by atoms with Crippen LogP contribution in [-0.2, 0) is 11.3 Å². The Labute approximate surface area is 143 Å². The molecule has 132 valence electrons. The lowest BCUT2D eigenvalue weighted by Crippen LogP contribution is -2.42. The highest BCUT2D eigenvalue weighted by molar-refractivity contribution is 5.81. The lowest BCUT2D eigenvalue weighted by atomic mass is 10.00. The molecule has 1 aromatic rings. The Morgan fingerprint density at radius 1 is 1.42 bits per heavy atom. The van der Waals surface area contributed by atoms with Crippen LogP contribution in [0.3, 0.4) is 0 Å². The second kappa shape index (κ2) is 9.25. The monoisotopic (exact) mass is 334 g/mol. The van der Waals surface area contributed by atoms with Gasteiger partial charge < -0.3 is 15.5 Å². The van der Waals surface area contributed by atoms with Crippen LogP contribution in [0, 0.1) is 11.7 Å². The first-order valence-electron chi connectivity index (χ1n) is 8.55. The molecule has 24 heavy (non-hydrogen) atoms. The fourth-order valence-corrected chi connectivity index (χ4v) is 2.92. The molecule has 1 saturated heterocycles. The average molecular weight is 334 g/mol. The third kappa shape index (κ3) is 5.83. The number of benzene rings is 1. The molecule has 6 heteroatoms. The fourth-order valence-electron chi connectivity index (χ4n) is 2.92. The van der Waals surface area contributed by atoms with Gasteiger partial charge in [0.25, 0.3) is 0 Å². The van der Waals surface area contributed by atoms with E-state index < -0.39 is 0 Å². The molecule has 2 N–H and O–H groups in total. The number of amides is 1. The van der Waals surface area contributed by atoms with Crippen LogP contribution in [0.1, 0.15) is 31.7 Å². The maximum absolute atomic E-state index is 13.2. The molecule has 0 saturated carbocycles. The van der Waals surface area contributed by atoms with Crippen LogP contribution in [0.15, 0.2) is 29.3 Å². The number of carbonyl (C=O) groups excluding carboxylic acids is 1. The lowest BCUT2D eigenvalue weighted by Gasteiger charge is -2.31. The van der Waals surface area contributed by atoms with E-state index in [1.807, 2.05) is 11.0 Å². The summed E-state index contributed by atoms with van der Waals surface area (Å²) < 4.78 is 13.2. The standard InChI is InChI=1S/C18H27FN4O/c1-14-5-4-10-23(13-14)17(24)8-9-21-18(20-2)22-12-15-6-3-7-16(19)11-15/h3,6-7,11,14H,4-5,8-10,12-13H2,1-2H3,(H2,20,21,22). The van der Waals surface area contributed by atoms with E-state index in [2.05, 4.69) is 22.5 Å². The zero-order valence-corrected chi connectivity index (χ0v) is 14.5. The lowest BCUT2D eigenvalue weighted by molar-refractivity contribution is -0.132. The largest absolute Gasteiger partial charge is 0.356 e. The summed E-state index contributed by atoms with van der Waals surface area (Å²) in [6.07, 6.45) is 2.75. The van der Waals surface area contributed by atoms with E-state index in [-0.39, 0.29) is 11.7 Å². The number of hydrogen-bond acceptors (Lipinski definition) is 2. The van der Waals surface area contributed by atoms with Crippen LogP contribution in [0.25, 0.3) is 0 Å². The van der Waals surface area contributed by atoms with Crippen molar-refractivity contribution >= 4 is 11.9 Å². The molecule has 1 aliphatic rings. The molecular formula is C18H27FN4O. The minimum absolute atomic E-state index is 0.189. The van der Waals surface area contributed by atoms with Crippen LogP contribution in [-0.4, -0.2) is 43.4 Å². The van der Waals surface area contributed by atoms with E-state index in [1.165, 1.54) is 18.6 Å². The Morgan fingerprint density at radius 3 is 2.96 bits per heavy atom. The first-order valence-corrected chi connectivity index (χ1v) is 8.55. The van der Waals surface area contributed by atoms with Crippen LogP contribution in [0.5, 0.6) is 0 Å². The van der Waals surface area contributed by atoms with E-state index in [1.54, 1.807) is 13.1 Å². The van der Waals surface area contributed by atoms with Gasteiger partial charge in [0.2, 0.25) is 5.91 Å². The summed E-state index contributed by atoms with van der Waals surface area (Å²) in [6, 6.07) is 6.44. The van der Waals surface area contributed by atoms with Gasteiger partial charge in [-0.15, -0.1) is 0 Å². The van der Waals surface area contributed by atoms with Gasteiger partial charge in [-0.2, -0.15) is 0 Å². The molecule has 0 aliphatic carbocycles. The van der Waals surface area contributed by atoms with Crippen LogP contribution in [0.2, 0.25) is 0 Å². The van der Waals surface area contributed by atoms with Gasteiger partial charge in [0.05, 0.1) is 0 Å². The first-order chi connectivity index (χ1) is 11.6. The van der Waals surface area contributed by atoms with Gasteiger partial charge in [0.1, 0.15) is 5.82 Å². The number of halogens is 1. The minimum Gasteiger partial charge on any atom is -0.356 e. The number of carbonyl (C=O) groups is 1. The third-order valence-corrected chi connectivity index (χ3v) is 4.21. The molecule has 0 bridgehead atoms. The Morgan fingerprint density at radius 2 is 2.25 bits per heavy atom. The molecule has 0 spiro atoms. The molecule has 0 radical (unpaired) electrons. The summed E-state index contributed by atoms with van der Waals surface area (Å²) in [6.45, 7) is 4.94. The highest BCUT2D eigenvalue weighted by atomic mass is 19.1. The van der Waals surface area contributed by atoms with Crippen molar-refractivity contribution in [2.24, 2.45) is 10.9 Å². The predicted molar refractivity (Wildman–Crippen MR) is 94.2 cm³/mol. The van der Waals surface area contributed by atoms with Crippen molar-refractivity contribution in [2.45, 2.75) is 32.7 Å². The smallest absolute Gasteiger partial charge is 0.224 e. The molecule has 1 unspecified atom stereocenters. The summed E-state index contributed by atoms with van der Waals surface area (Å²) in [7, 11) is 1.68. The van der Waals surface area contributed by atoms with E-state index in [0.29, 0.717) is 31.4 Å². The van der Waals surface area contributed by atoms with E-state index in [0.717, 1.165) is 25.1 Å². The molecule has 1 aliphatic heterocycles. The average Bonchev–Trinajstić information content (AvgIpc) is 2.57. The Bertz CT molecular complexity index is 576. The Balaban J connectivity index is 1.70. The van der Waals surface area contributed by atoms with Gasteiger partial charge in [0, 0.05) is 39.6 Å². The van der Waals surface area contributed by atoms with Gasteiger partial charge in [-0.25, -0.2) is 4.39 Å². The number of piperidine rings is 1. The summed E-state index contributed by atoms with van der Waals surface area (Å²) in [5, 5.41) is 6.25. The van der Waals surface area contributed by atoms with Crippen molar-refractivity contribution in [3.63, 3.8) is 0 Å². The first kappa shape index (κ1) is 18.2. The predicted octanol–water partition coefficient (Wildman–Crippen LogP) is 2.14. The van der Waals surface area contributed by atoms with Crippen molar-refractivity contribution in [1.29, 1.82) is 0 Å². The third-order valence-electron chi connectivity index (χ3n) is 4.21. The van der Waals surface area contributed by atoms with Crippen molar-refractivity contribution in [2.75, 3.05) is 26.7 Å². The summed E-state index contributed by atoms with van der Waals surface area (Å²) in [5.41, 5.74) is 0.844. The molecule has 1 fully saturated rings. The van der Waals surface area contributed by atoms with Gasteiger partial charge in [-0.05, 0) is 36.5 Å². The second-order valence-electron chi connectivity index (χ2n) is 6.32. The molecule has 2 rings (SSSR count). The van der Waals surface area contributed by atoms with Gasteiger partial charge in [0.15, 0.2) is 5.96 Å². The van der Waals surface area contributed by atoms with Gasteiger partial charge >= 0.3 is 0 Å². The van der Waals surface area contributed by atoms with Crippen LogP contribution >= 0.6 is 0 Å². The molecule has 1 heterocycles. The van der Waals surface area contributed by atoms with Crippen molar-refractivity contribution in [1.82, 2.24) is 15.5 Å².